The van der Waals surface area contributed by atoms with E-state index in [1.165, 1.54) is 0 Å². The number of hydrogen-bond donors (Lipinski definition) is 2. The molecule has 0 aliphatic carbocycles. The van der Waals surface area contributed by atoms with Gasteiger partial charge in [-0.15, -0.1) is 0 Å². The van der Waals surface area contributed by atoms with Gasteiger partial charge in [-0.05, 0) is 49.7 Å². The molecular weight excluding hydrogens is 554 g/mol. The molecule has 2 N–H and O–H groups in total. The first-order valence-corrected chi connectivity index (χ1v) is 15.4. The Morgan fingerprint density at radius 1 is 1.00 bits per heavy atom. The number of hydrogen-bond acceptors (Lipinski definition) is 7. The van der Waals surface area contributed by atoms with E-state index in [0.717, 1.165) is 57.7 Å². The quantitative estimate of drug-likeness (QED) is 0.306. The van der Waals surface area contributed by atoms with E-state index in [9.17, 15) is 13.2 Å². The van der Waals surface area contributed by atoms with Crippen LogP contribution in [0.2, 0.25) is 5.02 Å². The number of carbonyl (C=O) groups is 1. The van der Waals surface area contributed by atoms with Crippen LogP contribution in [-0.2, 0) is 10.0 Å². The zero-order valence-electron chi connectivity index (χ0n) is 21.8. The summed E-state index contributed by atoms with van der Waals surface area (Å²) < 4.78 is 29.3. The molecule has 1 aliphatic rings. The molecule has 0 saturated carbocycles. The molecular formula is C28H30ClN5O3S2. The predicted molar refractivity (Wildman–Crippen MR) is 159 cm³/mol. The van der Waals surface area contributed by atoms with E-state index in [1.54, 1.807) is 59.9 Å². The maximum Gasteiger partial charge on any atom is 0.261 e. The number of fused-ring (bicyclic) bond motifs is 1. The van der Waals surface area contributed by atoms with Crippen molar-refractivity contribution in [3.8, 4) is 0 Å². The lowest BCUT2D eigenvalue weighted by Gasteiger charge is -2.34. The average Bonchev–Trinajstić information content (AvgIpc) is 3.39. The van der Waals surface area contributed by atoms with Crippen LogP contribution in [0.1, 0.15) is 21.5 Å². The molecule has 5 rings (SSSR count). The van der Waals surface area contributed by atoms with Crippen LogP contribution in [0.5, 0.6) is 0 Å². The molecule has 0 radical (unpaired) electrons. The lowest BCUT2D eigenvalue weighted by molar-refractivity contribution is 0.0948. The molecule has 1 saturated heterocycles. The highest BCUT2D eigenvalue weighted by molar-refractivity contribution is 7.92. The summed E-state index contributed by atoms with van der Waals surface area (Å²) in [6.45, 7) is 8.48. The lowest BCUT2D eigenvalue weighted by atomic mass is 10.1. The number of benzene rings is 3. The van der Waals surface area contributed by atoms with Crippen LogP contribution >= 0.6 is 22.9 Å². The highest BCUT2D eigenvalue weighted by Gasteiger charge is 2.22. The number of aryl methyl sites for hydroxylation is 2. The second-order valence-electron chi connectivity index (χ2n) is 9.59. The number of halogens is 1. The summed E-state index contributed by atoms with van der Waals surface area (Å²) in [5, 5.41) is 4.66. The smallest absolute Gasteiger partial charge is 0.261 e. The first-order chi connectivity index (χ1) is 18.7. The molecule has 0 unspecified atom stereocenters. The fraction of sp³-hybridized carbons (Fsp3) is 0.286. The average molecular weight is 584 g/mol. The fourth-order valence-corrected chi connectivity index (χ4v) is 6.95. The van der Waals surface area contributed by atoms with Gasteiger partial charge in [0.05, 0.1) is 31.4 Å². The number of nitrogens with zero attached hydrogens (tertiary/aromatic N) is 3. The van der Waals surface area contributed by atoms with E-state index in [4.69, 9.17) is 16.6 Å². The van der Waals surface area contributed by atoms with Crippen LogP contribution in [0.3, 0.4) is 0 Å². The van der Waals surface area contributed by atoms with Gasteiger partial charge in [-0.3, -0.25) is 14.4 Å². The maximum absolute atomic E-state index is 13.0. The Labute approximate surface area is 237 Å². The lowest BCUT2D eigenvalue weighted by Crippen LogP contribution is -2.48. The van der Waals surface area contributed by atoms with E-state index in [1.807, 2.05) is 26.0 Å². The molecule has 0 spiro atoms. The standard InChI is InChI=1S/C28H30ClN5O3S2/c1-19-7-10-21(11-8-19)39(36,37)32-24-6-4-3-5-22(24)27(35)30-13-14-33-15-17-34(18-16-33)28-31-25-20(2)9-12-23(29)26(25)38-28/h3-12,32H,13-18H2,1-2H3,(H,30,35). The highest BCUT2D eigenvalue weighted by atomic mass is 35.5. The summed E-state index contributed by atoms with van der Waals surface area (Å²) >= 11 is 8.01. The van der Waals surface area contributed by atoms with Crippen molar-refractivity contribution in [2.45, 2.75) is 18.7 Å². The Bertz CT molecular complexity index is 1560. The number of nitrogens with one attached hydrogen (secondary N) is 2. The van der Waals surface area contributed by atoms with Gasteiger partial charge < -0.3 is 10.2 Å². The van der Waals surface area contributed by atoms with Gasteiger partial charge in [-0.1, -0.05) is 58.8 Å². The molecule has 2 heterocycles. The Balaban J connectivity index is 1.14. The van der Waals surface area contributed by atoms with Crippen molar-refractivity contribution in [2.75, 3.05) is 48.9 Å². The Morgan fingerprint density at radius 2 is 1.72 bits per heavy atom. The van der Waals surface area contributed by atoms with Crippen LogP contribution < -0.4 is 14.9 Å². The minimum atomic E-state index is -3.82. The van der Waals surface area contributed by atoms with Crippen molar-refractivity contribution in [3.63, 3.8) is 0 Å². The highest BCUT2D eigenvalue weighted by Crippen LogP contribution is 2.35. The minimum Gasteiger partial charge on any atom is -0.351 e. The number of thiazole rings is 1. The third kappa shape index (κ3) is 6.19. The number of amides is 1. The van der Waals surface area contributed by atoms with Crippen molar-refractivity contribution in [2.24, 2.45) is 0 Å². The predicted octanol–water partition coefficient (Wildman–Crippen LogP) is 4.92. The van der Waals surface area contributed by atoms with Crippen LogP contribution in [-0.4, -0.2) is 63.5 Å². The van der Waals surface area contributed by atoms with Crippen LogP contribution in [0, 0.1) is 13.8 Å². The Morgan fingerprint density at radius 3 is 2.44 bits per heavy atom. The van der Waals surface area contributed by atoms with Gasteiger partial charge >= 0.3 is 0 Å². The summed E-state index contributed by atoms with van der Waals surface area (Å²) in [6, 6.07) is 17.1. The van der Waals surface area contributed by atoms with Gasteiger partial charge in [0.2, 0.25) is 0 Å². The largest absolute Gasteiger partial charge is 0.351 e. The Kier molecular flexibility index (Phi) is 8.08. The number of anilines is 2. The van der Waals surface area contributed by atoms with Gasteiger partial charge in [0.15, 0.2) is 5.13 Å². The molecule has 204 valence electrons. The van der Waals surface area contributed by atoms with E-state index in [2.05, 4.69) is 19.8 Å². The summed E-state index contributed by atoms with van der Waals surface area (Å²) in [5.41, 5.74) is 3.58. The Hall–Kier alpha value is -3.18. The molecule has 0 atom stereocenters. The number of sulfonamides is 1. The molecule has 1 amide bonds. The first-order valence-electron chi connectivity index (χ1n) is 12.7. The third-order valence-corrected chi connectivity index (χ3v) is 9.75. The van der Waals surface area contributed by atoms with E-state index < -0.39 is 10.0 Å². The zero-order valence-corrected chi connectivity index (χ0v) is 24.2. The number of carbonyl (C=O) groups excluding carboxylic acids is 1. The summed E-state index contributed by atoms with van der Waals surface area (Å²) in [5.74, 6) is -0.322. The SMILES string of the molecule is Cc1ccc(S(=O)(=O)Nc2ccccc2C(=O)NCCN2CCN(c3nc4c(C)ccc(Cl)c4s3)CC2)cc1. The normalized spacial score (nSPS) is 14.5. The maximum atomic E-state index is 13.0. The van der Waals surface area contributed by atoms with Gasteiger partial charge in [-0.25, -0.2) is 13.4 Å². The topological polar surface area (TPSA) is 94.6 Å². The van der Waals surface area contributed by atoms with Crippen molar-refractivity contribution < 1.29 is 13.2 Å². The molecule has 1 fully saturated rings. The fourth-order valence-electron chi connectivity index (χ4n) is 4.50. The first kappa shape index (κ1) is 27.4. The number of piperazine rings is 1. The van der Waals surface area contributed by atoms with Crippen LogP contribution in [0.4, 0.5) is 10.8 Å². The second kappa shape index (κ2) is 11.5. The van der Waals surface area contributed by atoms with Crippen molar-refractivity contribution in [1.29, 1.82) is 0 Å². The van der Waals surface area contributed by atoms with Crippen molar-refractivity contribution in [3.05, 3.63) is 82.4 Å². The van der Waals surface area contributed by atoms with E-state index in [-0.39, 0.29) is 22.1 Å². The molecule has 8 nitrogen and oxygen atoms in total. The van der Waals surface area contributed by atoms with Crippen LogP contribution in [0.15, 0.2) is 65.6 Å². The van der Waals surface area contributed by atoms with E-state index >= 15 is 0 Å². The molecule has 1 aromatic heterocycles. The summed E-state index contributed by atoms with van der Waals surface area (Å²) in [7, 11) is -3.82. The third-order valence-electron chi connectivity index (χ3n) is 6.79. The van der Waals surface area contributed by atoms with Gasteiger partial charge in [-0.2, -0.15) is 0 Å². The summed E-state index contributed by atoms with van der Waals surface area (Å²) in [6.07, 6.45) is 0. The van der Waals surface area contributed by atoms with Gasteiger partial charge in [0.1, 0.15) is 0 Å². The molecule has 39 heavy (non-hydrogen) atoms. The monoisotopic (exact) mass is 583 g/mol. The minimum absolute atomic E-state index is 0.145. The molecule has 3 aromatic carbocycles. The molecule has 0 bridgehead atoms. The van der Waals surface area contributed by atoms with Gasteiger partial charge in [0.25, 0.3) is 15.9 Å². The van der Waals surface area contributed by atoms with E-state index in [0.29, 0.717) is 13.1 Å². The zero-order chi connectivity index (χ0) is 27.6. The second-order valence-corrected chi connectivity index (χ2v) is 12.7. The molecule has 1 aliphatic heterocycles. The van der Waals surface area contributed by atoms with Crippen molar-refractivity contribution in [1.82, 2.24) is 15.2 Å². The molecule has 4 aromatic rings. The molecule has 11 heteroatoms. The number of aromatic nitrogens is 1. The number of para-hydroxylation sites is 1. The number of rotatable bonds is 8. The summed E-state index contributed by atoms with van der Waals surface area (Å²) in [4.78, 5) is 22.5. The van der Waals surface area contributed by atoms with Crippen molar-refractivity contribution >= 4 is 59.9 Å². The van der Waals surface area contributed by atoms with Crippen LogP contribution in [0.25, 0.3) is 10.2 Å². The van der Waals surface area contributed by atoms with Gasteiger partial charge in [0, 0.05) is 39.3 Å².